The van der Waals surface area contributed by atoms with E-state index in [4.69, 9.17) is 4.74 Å². The number of hydrogen-bond donors (Lipinski definition) is 0. The van der Waals surface area contributed by atoms with Crippen LogP contribution in [0.25, 0.3) is 0 Å². The summed E-state index contributed by atoms with van der Waals surface area (Å²) in [4.78, 5) is 10.6. The van der Waals surface area contributed by atoms with Crippen molar-refractivity contribution in [1.82, 2.24) is 0 Å². The van der Waals surface area contributed by atoms with Crippen LogP contribution in [-0.4, -0.2) is 11.9 Å². The van der Waals surface area contributed by atoms with Crippen molar-refractivity contribution < 1.29 is 9.53 Å². The zero-order valence-electron chi connectivity index (χ0n) is 5.04. The largest absolute Gasteiger partial charge is 0.493 e. The van der Waals surface area contributed by atoms with Gasteiger partial charge in [-0.1, -0.05) is 12.7 Å². The van der Waals surface area contributed by atoms with Crippen LogP contribution in [-0.2, 0) is 9.53 Å². The molecule has 1 aliphatic rings. The summed E-state index contributed by atoms with van der Waals surface area (Å²) in [6.07, 6.45) is 4.79. The van der Waals surface area contributed by atoms with E-state index in [0.29, 0.717) is 6.42 Å². The van der Waals surface area contributed by atoms with Gasteiger partial charge in [0, 0.05) is 6.08 Å². The standard InChI is InChI=1S/C7H8O2/c1-2-7-5-6(8)3-4-9-7/h2-4,7H,1,5H2. The minimum atomic E-state index is -0.109. The van der Waals surface area contributed by atoms with Gasteiger partial charge in [0.05, 0.1) is 12.7 Å². The molecule has 0 aliphatic carbocycles. The third kappa shape index (κ3) is 1.42. The van der Waals surface area contributed by atoms with E-state index in [1.54, 1.807) is 6.08 Å². The van der Waals surface area contributed by atoms with Gasteiger partial charge in [-0.2, -0.15) is 0 Å². The van der Waals surface area contributed by atoms with Crippen LogP contribution in [0, 0.1) is 0 Å². The number of allylic oxidation sites excluding steroid dienone is 1. The molecule has 1 unspecified atom stereocenters. The first kappa shape index (κ1) is 6.08. The summed E-state index contributed by atoms with van der Waals surface area (Å²) in [6, 6.07) is 0. The maximum Gasteiger partial charge on any atom is 0.162 e. The van der Waals surface area contributed by atoms with Gasteiger partial charge in [-0.25, -0.2) is 0 Å². The minimum Gasteiger partial charge on any atom is -0.493 e. The minimum absolute atomic E-state index is 0.103. The Morgan fingerprint density at radius 2 is 2.67 bits per heavy atom. The summed E-state index contributed by atoms with van der Waals surface area (Å²) in [7, 11) is 0. The summed E-state index contributed by atoms with van der Waals surface area (Å²) >= 11 is 0. The van der Waals surface area contributed by atoms with Gasteiger partial charge in [0.1, 0.15) is 6.10 Å². The van der Waals surface area contributed by atoms with Crippen LogP contribution < -0.4 is 0 Å². The third-order valence-electron chi connectivity index (χ3n) is 1.17. The van der Waals surface area contributed by atoms with Crippen LogP contribution in [0.1, 0.15) is 6.42 Å². The van der Waals surface area contributed by atoms with E-state index in [2.05, 4.69) is 6.58 Å². The molecule has 0 aromatic rings. The summed E-state index contributed by atoms with van der Waals surface area (Å²) in [6.45, 7) is 3.51. The second-order valence-electron chi connectivity index (χ2n) is 1.88. The lowest BCUT2D eigenvalue weighted by Gasteiger charge is -2.13. The first-order valence-corrected chi connectivity index (χ1v) is 2.80. The molecule has 0 N–H and O–H groups in total. The van der Waals surface area contributed by atoms with Crippen LogP contribution in [0.3, 0.4) is 0 Å². The Morgan fingerprint density at radius 1 is 1.89 bits per heavy atom. The maximum absolute atomic E-state index is 10.6. The number of ether oxygens (including phenoxy) is 1. The van der Waals surface area contributed by atoms with Crippen LogP contribution in [0.2, 0.25) is 0 Å². The zero-order valence-corrected chi connectivity index (χ0v) is 5.04. The fraction of sp³-hybridized carbons (Fsp3) is 0.286. The molecular formula is C7H8O2. The highest BCUT2D eigenvalue weighted by molar-refractivity contribution is 5.90. The van der Waals surface area contributed by atoms with E-state index >= 15 is 0 Å². The fourth-order valence-electron chi connectivity index (χ4n) is 0.669. The molecule has 0 saturated heterocycles. The lowest BCUT2D eigenvalue weighted by molar-refractivity contribution is -0.117. The zero-order chi connectivity index (χ0) is 6.69. The SMILES string of the molecule is C=CC1CC(=O)C=CO1. The Hall–Kier alpha value is -1.05. The molecule has 2 heteroatoms. The molecule has 48 valence electrons. The van der Waals surface area contributed by atoms with Crippen molar-refractivity contribution >= 4 is 5.78 Å². The van der Waals surface area contributed by atoms with Gasteiger partial charge in [0.2, 0.25) is 0 Å². The highest BCUT2D eigenvalue weighted by atomic mass is 16.5. The molecule has 0 amide bonds. The van der Waals surface area contributed by atoms with Crippen LogP contribution in [0.4, 0.5) is 0 Å². The molecule has 0 saturated carbocycles. The molecule has 0 bridgehead atoms. The van der Waals surface area contributed by atoms with E-state index < -0.39 is 0 Å². The Kier molecular flexibility index (Phi) is 1.68. The second-order valence-corrected chi connectivity index (χ2v) is 1.88. The Labute approximate surface area is 53.8 Å². The Morgan fingerprint density at radius 3 is 3.11 bits per heavy atom. The van der Waals surface area contributed by atoms with Crippen molar-refractivity contribution in [3.8, 4) is 0 Å². The van der Waals surface area contributed by atoms with Gasteiger partial charge >= 0.3 is 0 Å². The second kappa shape index (κ2) is 2.49. The molecular weight excluding hydrogens is 116 g/mol. The highest BCUT2D eigenvalue weighted by Crippen LogP contribution is 2.06. The third-order valence-corrected chi connectivity index (χ3v) is 1.17. The van der Waals surface area contributed by atoms with E-state index in [0.717, 1.165) is 0 Å². The average molecular weight is 124 g/mol. The van der Waals surface area contributed by atoms with Crippen molar-refractivity contribution in [3.63, 3.8) is 0 Å². The van der Waals surface area contributed by atoms with Crippen molar-refractivity contribution in [2.24, 2.45) is 0 Å². The van der Waals surface area contributed by atoms with Crippen LogP contribution >= 0.6 is 0 Å². The van der Waals surface area contributed by atoms with Crippen LogP contribution in [0.5, 0.6) is 0 Å². The lowest BCUT2D eigenvalue weighted by atomic mass is 10.1. The monoisotopic (exact) mass is 124 g/mol. The molecule has 1 heterocycles. The number of hydrogen-bond acceptors (Lipinski definition) is 2. The molecule has 1 rings (SSSR count). The molecule has 1 aliphatic heterocycles. The first-order valence-electron chi connectivity index (χ1n) is 2.80. The fourth-order valence-corrected chi connectivity index (χ4v) is 0.669. The van der Waals surface area contributed by atoms with Gasteiger partial charge in [-0.15, -0.1) is 0 Å². The average Bonchev–Trinajstić information content (AvgIpc) is 1.88. The van der Waals surface area contributed by atoms with Gasteiger partial charge in [0.25, 0.3) is 0 Å². The van der Waals surface area contributed by atoms with Gasteiger partial charge in [0.15, 0.2) is 5.78 Å². The molecule has 0 spiro atoms. The quantitative estimate of drug-likeness (QED) is 0.488. The van der Waals surface area contributed by atoms with Crippen molar-refractivity contribution in [2.45, 2.75) is 12.5 Å². The topological polar surface area (TPSA) is 26.3 Å². The normalized spacial score (nSPS) is 25.3. The van der Waals surface area contributed by atoms with Crippen LogP contribution in [0.15, 0.2) is 25.0 Å². The Bertz CT molecular complexity index is 158. The van der Waals surface area contributed by atoms with Gasteiger partial charge in [-0.05, 0) is 0 Å². The summed E-state index contributed by atoms with van der Waals surface area (Å²) in [5.74, 6) is 0.103. The smallest absolute Gasteiger partial charge is 0.162 e. The molecule has 0 aromatic carbocycles. The van der Waals surface area contributed by atoms with Crippen molar-refractivity contribution in [2.75, 3.05) is 0 Å². The van der Waals surface area contributed by atoms with E-state index in [1.165, 1.54) is 12.3 Å². The molecule has 0 fully saturated rings. The molecule has 2 nitrogen and oxygen atoms in total. The molecule has 9 heavy (non-hydrogen) atoms. The van der Waals surface area contributed by atoms with E-state index in [-0.39, 0.29) is 11.9 Å². The predicted molar refractivity (Wildman–Crippen MR) is 33.8 cm³/mol. The molecule has 0 aromatic heterocycles. The molecule has 0 radical (unpaired) electrons. The van der Waals surface area contributed by atoms with Gasteiger partial charge < -0.3 is 4.74 Å². The van der Waals surface area contributed by atoms with Crippen molar-refractivity contribution in [1.29, 1.82) is 0 Å². The Balaban J connectivity index is 2.56. The van der Waals surface area contributed by atoms with Crippen molar-refractivity contribution in [3.05, 3.63) is 25.0 Å². The first-order chi connectivity index (χ1) is 4.33. The predicted octanol–water partition coefficient (Wildman–Crippen LogP) is 1.04. The van der Waals surface area contributed by atoms with Gasteiger partial charge in [-0.3, -0.25) is 4.79 Å². The van der Waals surface area contributed by atoms with E-state index in [9.17, 15) is 4.79 Å². The maximum atomic E-state index is 10.6. The highest BCUT2D eigenvalue weighted by Gasteiger charge is 2.11. The lowest BCUT2D eigenvalue weighted by Crippen LogP contribution is -2.15. The van der Waals surface area contributed by atoms with E-state index in [1.807, 2.05) is 0 Å². The number of rotatable bonds is 1. The number of carbonyl (C=O) groups excluding carboxylic acids is 1. The number of ketones is 1. The summed E-state index contributed by atoms with van der Waals surface area (Å²) in [5, 5.41) is 0. The molecule has 1 atom stereocenters. The summed E-state index contributed by atoms with van der Waals surface area (Å²) in [5.41, 5.74) is 0. The number of carbonyl (C=O) groups is 1. The summed E-state index contributed by atoms with van der Waals surface area (Å²) < 4.78 is 4.98.